The molecule has 4 rings (SSSR count). The lowest BCUT2D eigenvalue weighted by Crippen LogP contribution is -2.51. The molecule has 7 nitrogen and oxygen atoms in total. The van der Waals surface area contributed by atoms with Crippen molar-refractivity contribution in [1.82, 2.24) is 10.6 Å². The first-order valence-electron chi connectivity index (χ1n) is 12.4. The normalized spacial score (nSPS) is 16.6. The van der Waals surface area contributed by atoms with Crippen LogP contribution in [0.2, 0.25) is 0 Å². The Kier molecular flexibility index (Phi) is 7.43. The standard InChI is InChI=1S/C28H34N2O5/c1-28(2,16-24(31)29-25(26(32)33)18-10-4-3-5-11-18)30-27(34)35-17-23-21-14-8-6-12-19(21)20-13-7-9-15-22(20)23/h6-9,12-15,18,23,25H,3-5,10-11,16-17H2,1-2H3,(H,29,31)(H,30,34)(H,32,33). The van der Waals surface area contributed by atoms with Gasteiger partial charge in [0.1, 0.15) is 12.6 Å². The summed E-state index contributed by atoms with van der Waals surface area (Å²) in [6.45, 7) is 3.64. The van der Waals surface area contributed by atoms with Gasteiger partial charge in [-0.15, -0.1) is 0 Å². The molecule has 0 aromatic heterocycles. The first-order valence-corrected chi connectivity index (χ1v) is 12.4. The third-order valence-electron chi connectivity index (χ3n) is 7.09. The van der Waals surface area contributed by atoms with Gasteiger partial charge in [0.15, 0.2) is 0 Å². The molecule has 7 heteroatoms. The summed E-state index contributed by atoms with van der Waals surface area (Å²) in [4.78, 5) is 37.1. The molecule has 0 heterocycles. The van der Waals surface area contributed by atoms with Crippen LogP contribution in [-0.2, 0) is 14.3 Å². The second kappa shape index (κ2) is 10.5. The fraction of sp³-hybridized carbons (Fsp3) is 0.464. The van der Waals surface area contributed by atoms with Gasteiger partial charge in [0.2, 0.25) is 5.91 Å². The van der Waals surface area contributed by atoms with Crippen molar-refractivity contribution >= 4 is 18.0 Å². The summed E-state index contributed by atoms with van der Waals surface area (Å²) in [5.74, 6) is -1.51. The highest BCUT2D eigenvalue weighted by molar-refractivity contribution is 5.85. The lowest BCUT2D eigenvalue weighted by molar-refractivity contribution is -0.144. The second-order valence-corrected chi connectivity index (χ2v) is 10.3. The number of nitrogens with one attached hydrogen (secondary N) is 2. The van der Waals surface area contributed by atoms with Gasteiger partial charge in [0, 0.05) is 17.9 Å². The van der Waals surface area contributed by atoms with Gasteiger partial charge in [0.05, 0.1) is 0 Å². The maximum atomic E-state index is 12.7. The van der Waals surface area contributed by atoms with E-state index in [0.717, 1.165) is 54.4 Å². The van der Waals surface area contributed by atoms with Gasteiger partial charge >= 0.3 is 12.1 Å². The Morgan fingerprint density at radius 3 is 2.11 bits per heavy atom. The Labute approximate surface area is 206 Å². The molecule has 0 bridgehead atoms. The van der Waals surface area contributed by atoms with Crippen molar-refractivity contribution in [3.05, 3.63) is 59.7 Å². The molecule has 1 unspecified atom stereocenters. The minimum atomic E-state index is -1.01. The highest BCUT2D eigenvalue weighted by atomic mass is 16.5. The molecule has 2 aromatic rings. The van der Waals surface area contributed by atoms with E-state index in [1.54, 1.807) is 13.8 Å². The Balaban J connectivity index is 1.32. The van der Waals surface area contributed by atoms with Crippen molar-refractivity contribution in [2.75, 3.05) is 6.61 Å². The fourth-order valence-corrected chi connectivity index (χ4v) is 5.43. The number of alkyl carbamates (subject to hydrolysis) is 1. The summed E-state index contributed by atoms with van der Waals surface area (Å²) in [7, 11) is 0. The zero-order valence-corrected chi connectivity index (χ0v) is 20.4. The fourth-order valence-electron chi connectivity index (χ4n) is 5.43. The van der Waals surface area contributed by atoms with Crippen LogP contribution >= 0.6 is 0 Å². The molecule has 1 fully saturated rings. The summed E-state index contributed by atoms with van der Waals surface area (Å²) in [5, 5.41) is 15.1. The number of hydrogen-bond donors (Lipinski definition) is 3. The molecule has 0 radical (unpaired) electrons. The number of carboxylic acid groups (broad SMARTS) is 1. The molecule has 1 atom stereocenters. The van der Waals surface area contributed by atoms with E-state index in [0.29, 0.717) is 0 Å². The number of rotatable bonds is 8. The van der Waals surface area contributed by atoms with E-state index in [-0.39, 0.29) is 24.9 Å². The quantitative estimate of drug-likeness (QED) is 0.503. The van der Waals surface area contributed by atoms with Crippen LogP contribution in [0.5, 0.6) is 0 Å². The van der Waals surface area contributed by atoms with E-state index in [2.05, 4.69) is 34.9 Å². The molecule has 0 saturated heterocycles. The predicted molar refractivity (Wildman–Crippen MR) is 133 cm³/mol. The van der Waals surface area contributed by atoms with Crippen LogP contribution in [0, 0.1) is 5.92 Å². The molecule has 2 aliphatic rings. The summed E-state index contributed by atoms with van der Waals surface area (Å²) in [5.41, 5.74) is 3.66. The molecule has 3 N–H and O–H groups in total. The van der Waals surface area contributed by atoms with E-state index < -0.39 is 29.6 Å². The average molecular weight is 479 g/mol. The monoisotopic (exact) mass is 478 g/mol. The number of ether oxygens (including phenoxy) is 1. The van der Waals surface area contributed by atoms with Crippen LogP contribution < -0.4 is 10.6 Å². The largest absolute Gasteiger partial charge is 0.480 e. The van der Waals surface area contributed by atoms with Gasteiger partial charge in [-0.25, -0.2) is 9.59 Å². The highest BCUT2D eigenvalue weighted by Gasteiger charge is 2.34. The molecule has 35 heavy (non-hydrogen) atoms. The number of carbonyl (C=O) groups excluding carboxylic acids is 2. The minimum absolute atomic E-state index is 0.0479. The molecule has 0 aliphatic heterocycles. The number of amides is 2. The van der Waals surface area contributed by atoms with E-state index in [9.17, 15) is 19.5 Å². The summed E-state index contributed by atoms with van der Waals surface area (Å²) in [6, 6.07) is 15.3. The lowest BCUT2D eigenvalue weighted by atomic mass is 9.83. The maximum absolute atomic E-state index is 12.7. The Hall–Kier alpha value is -3.35. The van der Waals surface area contributed by atoms with Gasteiger partial charge in [-0.2, -0.15) is 0 Å². The van der Waals surface area contributed by atoms with Gasteiger partial charge < -0.3 is 20.5 Å². The van der Waals surface area contributed by atoms with Crippen LogP contribution in [0.3, 0.4) is 0 Å². The van der Waals surface area contributed by atoms with Gasteiger partial charge in [-0.1, -0.05) is 67.8 Å². The topological polar surface area (TPSA) is 105 Å². The Morgan fingerprint density at radius 2 is 1.54 bits per heavy atom. The van der Waals surface area contributed by atoms with E-state index in [1.165, 1.54) is 0 Å². The van der Waals surface area contributed by atoms with Crippen LogP contribution in [-0.4, -0.2) is 41.3 Å². The van der Waals surface area contributed by atoms with Crippen LogP contribution in [0.1, 0.15) is 69.4 Å². The van der Waals surface area contributed by atoms with E-state index in [1.807, 2.05) is 24.3 Å². The molecule has 2 aliphatic carbocycles. The average Bonchev–Trinajstić information content (AvgIpc) is 3.14. The first kappa shape index (κ1) is 24.8. The van der Waals surface area contributed by atoms with Crippen molar-refractivity contribution in [3.8, 4) is 11.1 Å². The second-order valence-electron chi connectivity index (χ2n) is 10.3. The van der Waals surface area contributed by atoms with Gasteiger partial charge in [-0.3, -0.25) is 4.79 Å². The van der Waals surface area contributed by atoms with Crippen molar-refractivity contribution in [3.63, 3.8) is 0 Å². The van der Waals surface area contributed by atoms with Crippen LogP contribution in [0.15, 0.2) is 48.5 Å². The van der Waals surface area contributed by atoms with E-state index >= 15 is 0 Å². The minimum Gasteiger partial charge on any atom is -0.480 e. The number of carboxylic acids is 1. The maximum Gasteiger partial charge on any atom is 0.407 e. The lowest BCUT2D eigenvalue weighted by Gasteiger charge is -2.30. The summed E-state index contributed by atoms with van der Waals surface area (Å²) < 4.78 is 5.60. The predicted octanol–water partition coefficient (Wildman–Crippen LogP) is 4.84. The van der Waals surface area contributed by atoms with Gasteiger partial charge in [-0.05, 0) is 54.9 Å². The number of benzene rings is 2. The molecule has 2 amide bonds. The van der Waals surface area contributed by atoms with Crippen molar-refractivity contribution in [1.29, 1.82) is 0 Å². The summed E-state index contributed by atoms with van der Waals surface area (Å²) >= 11 is 0. The summed E-state index contributed by atoms with van der Waals surface area (Å²) in [6.07, 6.45) is 4.03. The molecule has 0 spiro atoms. The molecule has 1 saturated carbocycles. The molecular weight excluding hydrogens is 444 g/mol. The highest BCUT2D eigenvalue weighted by Crippen LogP contribution is 2.44. The Bertz CT molecular complexity index is 1040. The number of fused-ring (bicyclic) bond motifs is 3. The number of aliphatic carboxylic acids is 1. The number of hydrogen-bond acceptors (Lipinski definition) is 4. The van der Waals surface area contributed by atoms with Crippen LogP contribution in [0.25, 0.3) is 11.1 Å². The molecule has 186 valence electrons. The third-order valence-corrected chi connectivity index (χ3v) is 7.09. The Morgan fingerprint density at radius 1 is 0.971 bits per heavy atom. The number of carbonyl (C=O) groups is 3. The zero-order valence-electron chi connectivity index (χ0n) is 20.4. The van der Waals surface area contributed by atoms with Crippen LogP contribution in [0.4, 0.5) is 4.79 Å². The zero-order chi connectivity index (χ0) is 25.0. The van der Waals surface area contributed by atoms with E-state index in [4.69, 9.17) is 4.74 Å². The first-order chi connectivity index (χ1) is 16.7. The SMILES string of the molecule is CC(C)(CC(=O)NC(C(=O)O)C1CCCCC1)NC(=O)OCC1c2ccccc2-c2ccccc21. The third kappa shape index (κ3) is 5.84. The smallest absolute Gasteiger partial charge is 0.407 e. The molecule has 2 aromatic carbocycles. The van der Waals surface area contributed by atoms with Crippen molar-refractivity contribution in [2.24, 2.45) is 5.92 Å². The molecular formula is C28H34N2O5. The van der Waals surface area contributed by atoms with Crippen molar-refractivity contribution < 1.29 is 24.2 Å². The van der Waals surface area contributed by atoms with Crippen molar-refractivity contribution in [2.45, 2.75) is 69.9 Å². The van der Waals surface area contributed by atoms with Gasteiger partial charge in [0.25, 0.3) is 0 Å².